The molecule has 0 saturated carbocycles. The molecular formula is C16H20N2O3. The summed E-state index contributed by atoms with van der Waals surface area (Å²) in [6.07, 6.45) is 4.54. The third-order valence-corrected chi connectivity index (χ3v) is 4.61. The first-order valence-electron chi connectivity index (χ1n) is 7.74. The van der Waals surface area contributed by atoms with Gasteiger partial charge < -0.3 is 20.1 Å². The highest BCUT2D eigenvalue weighted by Gasteiger charge is 2.34. The van der Waals surface area contributed by atoms with Gasteiger partial charge in [-0.15, -0.1) is 0 Å². The van der Waals surface area contributed by atoms with Gasteiger partial charge >= 0.3 is 0 Å². The lowest BCUT2D eigenvalue weighted by molar-refractivity contribution is 0.0922. The number of carbonyl (C=O) groups is 1. The first kappa shape index (κ1) is 13.0. The second-order valence-corrected chi connectivity index (χ2v) is 6.14. The molecule has 1 aromatic rings. The number of piperidine rings is 1. The Hall–Kier alpha value is -1.75. The molecule has 0 radical (unpaired) electrons. The van der Waals surface area contributed by atoms with Gasteiger partial charge in [0.15, 0.2) is 11.5 Å². The van der Waals surface area contributed by atoms with E-state index >= 15 is 0 Å². The Morgan fingerprint density at radius 2 is 1.81 bits per heavy atom. The minimum Gasteiger partial charge on any atom is -0.486 e. The number of fused-ring (bicyclic) bond motifs is 3. The van der Waals surface area contributed by atoms with Crippen LogP contribution in [0.15, 0.2) is 18.2 Å². The van der Waals surface area contributed by atoms with Gasteiger partial charge in [0.25, 0.3) is 5.91 Å². The number of carbonyl (C=O) groups excluding carboxylic acids is 1. The molecule has 0 aromatic heterocycles. The number of hydrogen-bond acceptors (Lipinski definition) is 4. The monoisotopic (exact) mass is 288 g/mol. The van der Waals surface area contributed by atoms with Crippen molar-refractivity contribution in [3.8, 4) is 11.5 Å². The summed E-state index contributed by atoms with van der Waals surface area (Å²) < 4.78 is 11.0. The van der Waals surface area contributed by atoms with E-state index in [1.54, 1.807) is 12.1 Å². The number of benzene rings is 1. The highest BCUT2D eigenvalue weighted by molar-refractivity contribution is 5.95. The van der Waals surface area contributed by atoms with Crippen LogP contribution >= 0.6 is 0 Å². The van der Waals surface area contributed by atoms with E-state index in [1.165, 1.54) is 12.8 Å². The molecule has 1 amide bonds. The molecule has 0 spiro atoms. The van der Waals surface area contributed by atoms with E-state index in [0.717, 1.165) is 18.6 Å². The zero-order chi connectivity index (χ0) is 14.2. The van der Waals surface area contributed by atoms with Crippen molar-refractivity contribution in [3.05, 3.63) is 23.8 Å². The molecule has 5 nitrogen and oxygen atoms in total. The summed E-state index contributed by atoms with van der Waals surface area (Å²) in [4.78, 5) is 12.4. The van der Waals surface area contributed by atoms with Gasteiger partial charge in [-0.3, -0.25) is 4.79 Å². The molecule has 1 aromatic carbocycles. The van der Waals surface area contributed by atoms with Crippen molar-refractivity contribution in [2.24, 2.45) is 0 Å². The summed E-state index contributed by atoms with van der Waals surface area (Å²) in [7, 11) is 0. The quantitative estimate of drug-likeness (QED) is 0.865. The van der Waals surface area contributed by atoms with Crippen molar-refractivity contribution < 1.29 is 14.3 Å². The van der Waals surface area contributed by atoms with Crippen molar-refractivity contribution in [2.75, 3.05) is 13.2 Å². The normalized spacial score (nSPS) is 30.0. The van der Waals surface area contributed by atoms with Crippen LogP contribution in [-0.4, -0.2) is 37.2 Å². The predicted molar refractivity (Wildman–Crippen MR) is 77.9 cm³/mol. The van der Waals surface area contributed by atoms with Crippen LogP contribution < -0.4 is 20.1 Å². The molecule has 0 aliphatic carbocycles. The summed E-state index contributed by atoms with van der Waals surface area (Å²) >= 11 is 0. The number of nitrogens with one attached hydrogen (secondary N) is 2. The molecule has 2 unspecified atom stereocenters. The highest BCUT2D eigenvalue weighted by atomic mass is 16.6. The van der Waals surface area contributed by atoms with Gasteiger partial charge in [0, 0.05) is 23.7 Å². The Bertz CT molecular complexity index is 548. The summed E-state index contributed by atoms with van der Waals surface area (Å²) in [5, 5.41) is 6.75. The average molecular weight is 288 g/mol. The zero-order valence-electron chi connectivity index (χ0n) is 11.9. The van der Waals surface area contributed by atoms with Crippen LogP contribution in [0.1, 0.15) is 36.0 Å². The van der Waals surface area contributed by atoms with E-state index < -0.39 is 0 Å². The maximum Gasteiger partial charge on any atom is 0.251 e. The molecule has 21 heavy (non-hydrogen) atoms. The summed E-state index contributed by atoms with van der Waals surface area (Å²) in [5.41, 5.74) is 0.644. The first-order valence-corrected chi connectivity index (χ1v) is 7.74. The van der Waals surface area contributed by atoms with Gasteiger partial charge in [-0.1, -0.05) is 0 Å². The van der Waals surface area contributed by atoms with Crippen LogP contribution in [0.2, 0.25) is 0 Å². The SMILES string of the molecule is O=C(NC1CC2CCC(C1)N2)c1ccc2c(c1)OCCO2. The van der Waals surface area contributed by atoms with Crippen LogP contribution in [0.25, 0.3) is 0 Å². The smallest absolute Gasteiger partial charge is 0.251 e. The second-order valence-electron chi connectivity index (χ2n) is 6.14. The molecule has 3 aliphatic heterocycles. The third kappa shape index (κ3) is 2.58. The fourth-order valence-electron chi connectivity index (χ4n) is 3.63. The lowest BCUT2D eigenvalue weighted by atomic mass is 9.99. The average Bonchev–Trinajstić information content (AvgIpc) is 2.85. The third-order valence-electron chi connectivity index (χ3n) is 4.61. The van der Waals surface area contributed by atoms with Gasteiger partial charge in [0.1, 0.15) is 13.2 Å². The Balaban J connectivity index is 1.45. The summed E-state index contributed by atoms with van der Waals surface area (Å²) in [6.45, 7) is 1.10. The van der Waals surface area contributed by atoms with E-state index in [2.05, 4.69) is 10.6 Å². The number of hydrogen-bond donors (Lipinski definition) is 2. The molecule has 3 heterocycles. The van der Waals surface area contributed by atoms with Crippen molar-refractivity contribution in [1.82, 2.24) is 10.6 Å². The number of rotatable bonds is 2. The van der Waals surface area contributed by atoms with Gasteiger partial charge in [0.05, 0.1) is 0 Å². The van der Waals surface area contributed by atoms with E-state index in [4.69, 9.17) is 9.47 Å². The summed E-state index contributed by atoms with van der Waals surface area (Å²) in [5.74, 6) is 1.37. The van der Waals surface area contributed by atoms with E-state index in [0.29, 0.717) is 36.6 Å². The molecule has 2 fully saturated rings. The minimum absolute atomic E-state index is 0.0155. The van der Waals surface area contributed by atoms with Crippen LogP contribution in [0.5, 0.6) is 11.5 Å². The second kappa shape index (κ2) is 5.22. The molecule has 5 heteroatoms. The molecule has 2 bridgehead atoms. The Morgan fingerprint density at radius 1 is 1.10 bits per heavy atom. The highest BCUT2D eigenvalue weighted by Crippen LogP contribution is 2.31. The minimum atomic E-state index is -0.0155. The number of amides is 1. The van der Waals surface area contributed by atoms with Crippen LogP contribution in [0.3, 0.4) is 0 Å². The lowest BCUT2D eigenvalue weighted by Crippen LogP contribution is -2.48. The largest absolute Gasteiger partial charge is 0.486 e. The predicted octanol–water partition coefficient (Wildman–Crippen LogP) is 1.47. The Morgan fingerprint density at radius 3 is 2.57 bits per heavy atom. The zero-order valence-corrected chi connectivity index (χ0v) is 11.9. The van der Waals surface area contributed by atoms with Crippen molar-refractivity contribution >= 4 is 5.91 Å². The van der Waals surface area contributed by atoms with E-state index in [1.807, 2.05) is 6.07 Å². The molecule has 4 rings (SSSR count). The first-order chi connectivity index (χ1) is 10.3. The molecule has 2 saturated heterocycles. The fraction of sp³-hybridized carbons (Fsp3) is 0.562. The summed E-state index contributed by atoms with van der Waals surface area (Å²) in [6, 6.07) is 6.83. The number of ether oxygens (including phenoxy) is 2. The fourth-order valence-corrected chi connectivity index (χ4v) is 3.63. The van der Waals surface area contributed by atoms with E-state index in [9.17, 15) is 4.79 Å². The van der Waals surface area contributed by atoms with Gasteiger partial charge in [-0.25, -0.2) is 0 Å². The Labute approximate surface area is 124 Å². The maximum absolute atomic E-state index is 12.4. The van der Waals surface area contributed by atoms with Crippen molar-refractivity contribution in [1.29, 1.82) is 0 Å². The Kier molecular flexibility index (Phi) is 3.22. The molecule has 112 valence electrons. The van der Waals surface area contributed by atoms with E-state index in [-0.39, 0.29) is 11.9 Å². The van der Waals surface area contributed by atoms with Crippen molar-refractivity contribution in [3.63, 3.8) is 0 Å². The molecule has 3 aliphatic rings. The van der Waals surface area contributed by atoms with Crippen molar-refractivity contribution in [2.45, 2.75) is 43.8 Å². The standard InChI is InChI=1S/C16H20N2O3/c19-16(18-13-8-11-2-3-12(9-13)17-11)10-1-4-14-15(7-10)21-6-5-20-14/h1,4,7,11-13,17H,2-3,5-6,8-9H2,(H,18,19). The topological polar surface area (TPSA) is 59.6 Å². The van der Waals surface area contributed by atoms with Gasteiger partial charge in [-0.2, -0.15) is 0 Å². The molecule has 2 atom stereocenters. The molecular weight excluding hydrogens is 268 g/mol. The van der Waals surface area contributed by atoms with Crippen LogP contribution in [0, 0.1) is 0 Å². The maximum atomic E-state index is 12.4. The van der Waals surface area contributed by atoms with Crippen LogP contribution in [-0.2, 0) is 0 Å². The van der Waals surface area contributed by atoms with Gasteiger partial charge in [-0.05, 0) is 43.9 Å². The molecule has 2 N–H and O–H groups in total. The lowest BCUT2D eigenvalue weighted by Gasteiger charge is -2.29. The van der Waals surface area contributed by atoms with Gasteiger partial charge in [0.2, 0.25) is 0 Å². The van der Waals surface area contributed by atoms with Crippen LogP contribution in [0.4, 0.5) is 0 Å².